The van der Waals surface area contributed by atoms with Gasteiger partial charge in [-0.3, -0.25) is 23.4 Å². The van der Waals surface area contributed by atoms with Crippen molar-refractivity contribution < 1.29 is 37.3 Å². The van der Waals surface area contributed by atoms with Crippen molar-refractivity contribution in [2.24, 2.45) is 0 Å². The Hall–Kier alpha value is -2.52. The Morgan fingerprint density at radius 3 is 2.94 bits per heavy atom. The number of nitrogens with one attached hydrogen (secondary N) is 1. The van der Waals surface area contributed by atoms with Crippen LogP contribution in [0.5, 0.6) is 5.75 Å². The summed E-state index contributed by atoms with van der Waals surface area (Å²) in [6.45, 7) is -4.43. The molecule has 1 aromatic carbocycles. The Morgan fingerprint density at radius 1 is 1.41 bits per heavy atom. The monoisotopic (exact) mass is 517 g/mol. The number of aliphatic hydroxyl groups is 2. The van der Waals surface area contributed by atoms with Crippen molar-refractivity contribution in [3.8, 4) is 5.75 Å². The zero-order chi connectivity index (χ0) is 24.3. The second kappa shape index (κ2) is 8.30. The van der Waals surface area contributed by atoms with Crippen LogP contribution in [0, 0.1) is 0 Å². The first-order valence-corrected chi connectivity index (χ1v) is 12.4. The van der Waals surface area contributed by atoms with Gasteiger partial charge < -0.3 is 25.2 Å². The molecule has 0 spiro atoms. The molecule has 2 aromatic heterocycles. The fourth-order valence-corrected chi connectivity index (χ4v) is 5.59. The van der Waals surface area contributed by atoms with Crippen molar-refractivity contribution in [2.75, 3.05) is 12.3 Å². The number of halogens is 2. The second-order valence-electron chi connectivity index (χ2n) is 7.67. The second-order valence-corrected chi connectivity index (χ2v) is 10.6. The first-order valence-electron chi connectivity index (χ1n) is 9.84. The minimum Gasteiger partial charge on any atom is -0.424 e. The van der Waals surface area contributed by atoms with Crippen LogP contribution in [0.15, 0.2) is 35.4 Å². The normalized spacial score (nSPS) is 31.0. The summed E-state index contributed by atoms with van der Waals surface area (Å²) >= 11 is 5.29. The molecule has 4 heterocycles. The van der Waals surface area contributed by atoms with Crippen molar-refractivity contribution in [1.29, 1.82) is 0 Å². The van der Waals surface area contributed by atoms with E-state index in [4.69, 9.17) is 35.8 Å². The molecule has 16 heteroatoms. The maximum absolute atomic E-state index is 14.3. The average molecular weight is 517 g/mol. The van der Waals surface area contributed by atoms with Crippen LogP contribution < -0.4 is 15.8 Å². The highest BCUT2D eigenvalue weighted by Crippen LogP contribution is 2.56. The van der Waals surface area contributed by atoms with Gasteiger partial charge in [-0.25, -0.2) is 13.8 Å². The van der Waals surface area contributed by atoms with E-state index in [0.29, 0.717) is 11.3 Å². The molecule has 5 rings (SSSR count). The van der Waals surface area contributed by atoms with Gasteiger partial charge in [0, 0.05) is 17.4 Å². The van der Waals surface area contributed by atoms with Crippen LogP contribution in [0.1, 0.15) is 11.8 Å². The highest BCUT2D eigenvalue weighted by Gasteiger charge is 2.61. The fourth-order valence-electron chi connectivity index (χ4n) is 3.77. The fraction of sp³-hybridized carbons (Fsp3) is 0.389. The number of H-pyrrole nitrogens is 1. The number of aliphatic hydroxyl groups excluding tert-OH is 2. The number of fused-ring (bicyclic) bond motifs is 2. The maximum Gasteiger partial charge on any atom is 0.381 e. The first-order chi connectivity index (χ1) is 16.1. The van der Waals surface area contributed by atoms with E-state index in [1.165, 1.54) is 0 Å². The van der Waals surface area contributed by atoms with Crippen LogP contribution >= 0.6 is 6.72 Å². The van der Waals surface area contributed by atoms with Gasteiger partial charge in [0.15, 0.2) is 23.0 Å². The largest absolute Gasteiger partial charge is 0.424 e. The molecular formula is C18H18F2N5O7PS. The summed E-state index contributed by atoms with van der Waals surface area (Å²) in [5.41, 5.74) is 2.58. The van der Waals surface area contributed by atoms with Crippen molar-refractivity contribution in [2.45, 2.75) is 37.1 Å². The van der Waals surface area contributed by atoms with Crippen LogP contribution in [-0.4, -0.2) is 60.6 Å². The maximum atomic E-state index is 14.3. The van der Waals surface area contributed by atoms with E-state index in [1.807, 2.05) is 0 Å². The molecule has 2 aliphatic heterocycles. The summed E-state index contributed by atoms with van der Waals surface area (Å²) in [6, 6.07) is 6.86. The molecule has 2 aliphatic rings. The molecule has 5 unspecified atom stereocenters. The van der Waals surface area contributed by atoms with Gasteiger partial charge in [-0.1, -0.05) is 18.2 Å². The molecule has 5 atom stereocenters. The lowest BCUT2D eigenvalue weighted by Crippen LogP contribution is -2.52. The Bertz CT molecular complexity index is 1360. The summed E-state index contributed by atoms with van der Waals surface area (Å²) in [6.07, 6.45) is -7.85. The molecule has 0 amide bonds. The number of ether oxygens (including phenoxy) is 1. The summed E-state index contributed by atoms with van der Waals surface area (Å²) in [5, 5.41) is 21.2. The molecule has 0 aliphatic carbocycles. The zero-order valence-corrected chi connectivity index (χ0v) is 18.8. The SMILES string of the molecule is Nc1nc2c(ncn2C2OC(COP3(=S)OCc4ccccc4O3)(C(F)F)C(O)C2O)c(=O)[nH]1. The number of nitrogen functional groups attached to an aromatic ring is 1. The predicted molar refractivity (Wildman–Crippen MR) is 116 cm³/mol. The standard InChI is InChI=1S/C18H18F2N5O7PS/c19-16(20)18(6-30-33(34)29-5-8-3-1-2-4-9(8)32-33)12(27)11(26)15(31-18)25-7-22-10-13(25)23-17(21)24-14(10)28/h1-4,7,11-12,15-16,26-27H,5-6H2,(H3,21,23,24,28). The third-order valence-electron chi connectivity index (χ3n) is 5.56. The number of benzene rings is 1. The number of alkyl halides is 2. The topological polar surface area (TPSA) is 167 Å². The molecule has 5 N–H and O–H groups in total. The van der Waals surface area contributed by atoms with Gasteiger partial charge in [-0.05, 0) is 6.07 Å². The van der Waals surface area contributed by atoms with Crippen molar-refractivity contribution in [3.05, 3.63) is 46.5 Å². The van der Waals surface area contributed by atoms with Gasteiger partial charge >= 0.3 is 6.72 Å². The van der Waals surface area contributed by atoms with Gasteiger partial charge in [0.2, 0.25) is 5.95 Å². The lowest BCUT2D eigenvalue weighted by molar-refractivity contribution is -0.192. The van der Waals surface area contributed by atoms with Crippen molar-refractivity contribution in [3.63, 3.8) is 0 Å². The molecule has 0 saturated carbocycles. The minimum atomic E-state index is -3.52. The number of hydrogen-bond donors (Lipinski definition) is 4. The number of aromatic amines is 1. The van der Waals surface area contributed by atoms with E-state index in [2.05, 4.69) is 15.0 Å². The van der Waals surface area contributed by atoms with Gasteiger partial charge in [-0.2, -0.15) is 4.98 Å². The van der Waals surface area contributed by atoms with Crippen molar-refractivity contribution >= 4 is 35.6 Å². The number of nitrogens with two attached hydrogens (primary N) is 1. The van der Waals surface area contributed by atoms with Gasteiger partial charge in [-0.15, -0.1) is 0 Å². The molecule has 1 saturated heterocycles. The molecule has 1 fully saturated rings. The Labute approximate surface area is 194 Å². The zero-order valence-electron chi connectivity index (χ0n) is 17.1. The Kier molecular flexibility index (Phi) is 5.67. The Balaban J connectivity index is 1.43. The number of anilines is 1. The summed E-state index contributed by atoms with van der Waals surface area (Å²) in [7, 11) is 0. The molecule has 0 radical (unpaired) electrons. The molecule has 34 heavy (non-hydrogen) atoms. The Morgan fingerprint density at radius 2 is 2.18 bits per heavy atom. The van der Waals surface area contributed by atoms with E-state index in [1.54, 1.807) is 24.3 Å². The highest BCUT2D eigenvalue weighted by atomic mass is 32.5. The molecule has 12 nitrogen and oxygen atoms in total. The van der Waals surface area contributed by atoms with Gasteiger partial charge in [0.1, 0.15) is 18.0 Å². The number of rotatable bonds is 5. The van der Waals surface area contributed by atoms with E-state index >= 15 is 0 Å². The number of para-hydroxylation sites is 1. The minimum absolute atomic E-state index is 0.0481. The average Bonchev–Trinajstić information content (AvgIpc) is 3.32. The van der Waals surface area contributed by atoms with Crippen LogP contribution in [0.25, 0.3) is 11.2 Å². The van der Waals surface area contributed by atoms with Gasteiger partial charge in [0.05, 0.1) is 19.5 Å². The first kappa shape index (κ1) is 23.2. The third kappa shape index (κ3) is 3.69. The summed E-state index contributed by atoms with van der Waals surface area (Å²) in [4.78, 5) is 22.1. The molecule has 3 aromatic rings. The van der Waals surface area contributed by atoms with E-state index in [-0.39, 0.29) is 23.7 Å². The van der Waals surface area contributed by atoms with E-state index in [9.17, 15) is 23.8 Å². The quantitative estimate of drug-likeness (QED) is 0.354. The molecule has 0 bridgehead atoms. The highest BCUT2D eigenvalue weighted by molar-refractivity contribution is 8.07. The van der Waals surface area contributed by atoms with E-state index < -0.39 is 49.3 Å². The van der Waals surface area contributed by atoms with Crippen LogP contribution in [0.2, 0.25) is 0 Å². The molecule has 182 valence electrons. The predicted octanol–water partition coefficient (Wildman–Crippen LogP) is 0.807. The van der Waals surface area contributed by atoms with Gasteiger partial charge in [0.25, 0.3) is 12.0 Å². The lowest BCUT2D eigenvalue weighted by Gasteiger charge is -2.34. The van der Waals surface area contributed by atoms with E-state index in [0.717, 1.165) is 10.9 Å². The summed E-state index contributed by atoms with van der Waals surface area (Å²) < 4.78 is 51.7. The lowest BCUT2D eigenvalue weighted by atomic mass is 9.96. The number of nitrogens with zero attached hydrogens (tertiary/aromatic N) is 3. The molecular weight excluding hydrogens is 499 g/mol. The third-order valence-corrected chi connectivity index (χ3v) is 7.73. The number of imidazole rings is 1. The van der Waals surface area contributed by atoms with Crippen LogP contribution in [-0.2, 0) is 32.2 Å². The van der Waals surface area contributed by atoms with Crippen LogP contribution in [0.3, 0.4) is 0 Å². The summed E-state index contributed by atoms with van der Waals surface area (Å²) in [5.74, 6) is 0.133. The number of aromatic nitrogens is 4. The number of hydrogen-bond acceptors (Lipinski definition) is 11. The van der Waals surface area contributed by atoms with Crippen molar-refractivity contribution in [1.82, 2.24) is 19.5 Å². The smallest absolute Gasteiger partial charge is 0.381 e. The van der Waals surface area contributed by atoms with Crippen LogP contribution in [0.4, 0.5) is 14.7 Å².